The van der Waals surface area contributed by atoms with Crippen molar-refractivity contribution in [3.05, 3.63) is 125 Å². The van der Waals surface area contributed by atoms with Crippen molar-refractivity contribution in [3.63, 3.8) is 0 Å². The standard InChI is InChI=1S/C35H36N4O5/c1-24-9-7-8-12-31(24)39(3)35(44)36-28-17-13-25(14-18-28)23-32(40)38(2)29-19-15-26(16-20-29)30(21-22-33(41)42)37-34(43)27-10-5-4-6-11-27/h4-20,30H,21-23H2,1-3H3,(H,36,44)(H,37,43)(H,41,42). The fraction of sp³-hybridized carbons (Fsp3) is 0.200. The SMILES string of the molecule is Cc1ccccc1N(C)C(=O)Nc1ccc(CC(=O)N(C)c2ccc(C(CCC(=O)O)NC(=O)c3ccccc3)cc2)cc1. The Kier molecular flexibility index (Phi) is 10.5. The number of hydrogen-bond donors (Lipinski definition) is 3. The monoisotopic (exact) mass is 592 g/mol. The minimum Gasteiger partial charge on any atom is -0.481 e. The quantitative estimate of drug-likeness (QED) is 0.192. The zero-order valence-electron chi connectivity index (χ0n) is 25.0. The fourth-order valence-electron chi connectivity index (χ4n) is 4.75. The molecule has 0 spiro atoms. The average molecular weight is 593 g/mol. The summed E-state index contributed by atoms with van der Waals surface area (Å²) in [4.78, 5) is 52.9. The topological polar surface area (TPSA) is 119 Å². The summed E-state index contributed by atoms with van der Waals surface area (Å²) < 4.78 is 0. The van der Waals surface area contributed by atoms with Gasteiger partial charge in [-0.3, -0.25) is 19.3 Å². The molecule has 0 heterocycles. The third-order valence-corrected chi connectivity index (χ3v) is 7.39. The Labute approximate surface area is 257 Å². The van der Waals surface area contributed by atoms with E-state index in [2.05, 4.69) is 10.6 Å². The molecule has 0 aliphatic rings. The lowest BCUT2D eigenvalue weighted by atomic mass is 10.0. The predicted octanol–water partition coefficient (Wildman–Crippen LogP) is 6.20. The smallest absolute Gasteiger partial charge is 0.326 e. The largest absolute Gasteiger partial charge is 0.481 e. The van der Waals surface area contributed by atoms with Gasteiger partial charge in [-0.2, -0.15) is 0 Å². The number of hydrogen-bond acceptors (Lipinski definition) is 4. The predicted molar refractivity (Wildman–Crippen MR) is 172 cm³/mol. The van der Waals surface area contributed by atoms with Crippen LogP contribution in [0.3, 0.4) is 0 Å². The van der Waals surface area contributed by atoms with E-state index in [0.29, 0.717) is 16.9 Å². The number of urea groups is 1. The summed E-state index contributed by atoms with van der Waals surface area (Å²) in [7, 11) is 3.40. The lowest BCUT2D eigenvalue weighted by Crippen LogP contribution is -2.31. The molecule has 0 radical (unpaired) electrons. The third-order valence-electron chi connectivity index (χ3n) is 7.39. The van der Waals surface area contributed by atoms with E-state index in [4.69, 9.17) is 0 Å². The summed E-state index contributed by atoms with van der Waals surface area (Å²) in [6.07, 6.45) is 0.274. The van der Waals surface area contributed by atoms with Crippen LogP contribution in [0.4, 0.5) is 21.9 Å². The molecule has 44 heavy (non-hydrogen) atoms. The van der Waals surface area contributed by atoms with Gasteiger partial charge in [0.05, 0.1) is 12.5 Å². The second-order valence-electron chi connectivity index (χ2n) is 10.5. The summed E-state index contributed by atoms with van der Waals surface area (Å²) in [5.74, 6) is -1.37. The zero-order chi connectivity index (χ0) is 31.6. The van der Waals surface area contributed by atoms with Crippen molar-refractivity contribution in [1.82, 2.24) is 5.32 Å². The summed E-state index contributed by atoms with van der Waals surface area (Å²) in [6.45, 7) is 1.95. The average Bonchev–Trinajstić information content (AvgIpc) is 3.03. The van der Waals surface area contributed by atoms with Gasteiger partial charge in [0.15, 0.2) is 0 Å². The molecule has 0 aliphatic heterocycles. The number of amides is 4. The molecule has 1 unspecified atom stereocenters. The number of anilines is 3. The van der Waals surface area contributed by atoms with Crippen molar-refractivity contribution in [2.24, 2.45) is 0 Å². The van der Waals surface area contributed by atoms with Crippen molar-refractivity contribution >= 4 is 40.9 Å². The number of nitrogens with one attached hydrogen (secondary N) is 2. The van der Waals surface area contributed by atoms with Gasteiger partial charge < -0.3 is 20.6 Å². The van der Waals surface area contributed by atoms with Crippen LogP contribution >= 0.6 is 0 Å². The van der Waals surface area contributed by atoms with Gasteiger partial charge in [0.2, 0.25) is 5.91 Å². The Hall–Kier alpha value is -5.44. The highest BCUT2D eigenvalue weighted by molar-refractivity contribution is 6.02. The first-order valence-electron chi connectivity index (χ1n) is 14.3. The van der Waals surface area contributed by atoms with Crippen molar-refractivity contribution in [1.29, 1.82) is 0 Å². The molecule has 0 aromatic heterocycles. The number of carboxylic acid groups (broad SMARTS) is 1. The lowest BCUT2D eigenvalue weighted by molar-refractivity contribution is -0.137. The minimum absolute atomic E-state index is 0.105. The summed E-state index contributed by atoms with van der Waals surface area (Å²) in [6, 6.07) is 29.9. The molecular weight excluding hydrogens is 556 g/mol. The van der Waals surface area contributed by atoms with Crippen LogP contribution in [0, 0.1) is 6.92 Å². The second kappa shape index (κ2) is 14.6. The Morgan fingerprint density at radius 1 is 0.773 bits per heavy atom. The number of para-hydroxylation sites is 1. The first-order valence-corrected chi connectivity index (χ1v) is 14.3. The fourth-order valence-corrected chi connectivity index (χ4v) is 4.75. The van der Waals surface area contributed by atoms with Crippen molar-refractivity contribution in [2.75, 3.05) is 29.2 Å². The molecule has 0 bridgehead atoms. The highest BCUT2D eigenvalue weighted by atomic mass is 16.4. The van der Waals surface area contributed by atoms with Gasteiger partial charge in [0, 0.05) is 43.1 Å². The Balaban J connectivity index is 1.36. The van der Waals surface area contributed by atoms with Gasteiger partial charge >= 0.3 is 12.0 Å². The zero-order valence-corrected chi connectivity index (χ0v) is 25.0. The maximum atomic E-state index is 13.1. The van der Waals surface area contributed by atoms with Crippen molar-refractivity contribution in [3.8, 4) is 0 Å². The molecule has 0 saturated heterocycles. The van der Waals surface area contributed by atoms with Crippen molar-refractivity contribution in [2.45, 2.75) is 32.2 Å². The molecule has 4 amide bonds. The number of nitrogens with zero attached hydrogens (tertiary/aromatic N) is 2. The highest BCUT2D eigenvalue weighted by Gasteiger charge is 2.19. The molecule has 3 N–H and O–H groups in total. The number of aryl methyl sites for hydroxylation is 1. The van der Waals surface area contributed by atoms with E-state index < -0.39 is 12.0 Å². The van der Waals surface area contributed by atoms with E-state index in [1.807, 2.05) is 37.3 Å². The molecule has 1 atom stereocenters. The summed E-state index contributed by atoms with van der Waals surface area (Å²) in [5, 5.41) is 15.0. The molecule has 0 aliphatic carbocycles. The minimum atomic E-state index is -0.948. The van der Waals surface area contributed by atoms with E-state index >= 15 is 0 Å². The molecule has 0 fully saturated rings. The van der Waals surface area contributed by atoms with Crippen LogP contribution in [0.25, 0.3) is 0 Å². The van der Waals surface area contributed by atoms with Crippen molar-refractivity contribution < 1.29 is 24.3 Å². The number of carbonyl (C=O) groups is 4. The van der Waals surface area contributed by atoms with Gasteiger partial charge in [0.25, 0.3) is 5.91 Å². The maximum absolute atomic E-state index is 13.1. The van der Waals surface area contributed by atoms with Gasteiger partial charge in [-0.1, -0.05) is 60.7 Å². The van der Waals surface area contributed by atoms with Crippen LogP contribution in [-0.2, 0) is 16.0 Å². The molecule has 0 saturated carbocycles. The number of likely N-dealkylation sites (N-methyl/N-ethyl adjacent to an activating group) is 1. The molecule has 226 valence electrons. The number of carbonyl (C=O) groups excluding carboxylic acids is 3. The first-order chi connectivity index (χ1) is 21.1. The molecule has 9 nitrogen and oxygen atoms in total. The van der Waals surface area contributed by atoms with Crippen LogP contribution < -0.4 is 20.4 Å². The van der Waals surface area contributed by atoms with E-state index in [1.54, 1.807) is 96.7 Å². The van der Waals surface area contributed by atoms with Crippen LogP contribution in [0.1, 0.15) is 45.9 Å². The van der Waals surface area contributed by atoms with E-state index in [0.717, 1.165) is 22.4 Å². The first kappa shape index (κ1) is 31.5. The molecule has 4 aromatic carbocycles. The van der Waals surface area contributed by atoms with E-state index in [-0.39, 0.29) is 37.1 Å². The maximum Gasteiger partial charge on any atom is 0.326 e. The summed E-state index contributed by atoms with van der Waals surface area (Å²) >= 11 is 0. The van der Waals surface area contributed by atoms with E-state index in [1.165, 1.54) is 0 Å². The van der Waals surface area contributed by atoms with Crippen LogP contribution in [0.5, 0.6) is 0 Å². The molecular formula is C35H36N4O5. The number of rotatable bonds is 11. The Morgan fingerprint density at radius 2 is 1.41 bits per heavy atom. The number of aliphatic carboxylic acids is 1. The normalized spacial score (nSPS) is 11.2. The number of carboxylic acids is 1. The van der Waals surface area contributed by atoms with E-state index in [9.17, 15) is 24.3 Å². The lowest BCUT2D eigenvalue weighted by Gasteiger charge is -2.21. The van der Waals surface area contributed by atoms with Gasteiger partial charge in [0.1, 0.15) is 0 Å². The van der Waals surface area contributed by atoms with Crippen LogP contribution in [0.2, 0.25) is 0 Å². The van der Waals surface area contributed by atoms with Gasteiger partial charge in [-0.25, -0.2) is 4.79 Å². The highest BCUT2D eigenvalue weighted by Crippen LogP contribution is 2.24. The van der Waals surface area contributed by atoms with Crippen LogP contribution in [-0.4, -0.2) is 43.0 Å². The summed E-state index contributed by atoms with van der Waals surface area (Å²) in [5.41, 5.74) is 5.11. The Bertz CT molecular complexity index is 1600. The van der Waals surface area contributed by atoms with Gasteiger partial charge in [-0.05, 0) is 72.5 Å². The van der Waals surface area contributed by atoms with Crippen LogP contribution in [0.15, 0.2) is 103 Å². The number of benzene rings is 4. The molecule has 4 aromatic rings. The Morgan fingerprint density at radius 3 is 2.05 bits per heavy atom. The molecule has 9 heteroatoms. The van der Waals surface area contributed by atoms with Gasteiger partial charge in [-0.15, -0.1) is 0 Å². The molecule has 4 rings (SSSR count). The second-order valence-corrected chi connectivity index (χ2v) is 10.5. The third kappa shape index (κ3) is 8.32.